The standard InChI is InChI=1S/C17H24N2O4/c20-15(18-12-5-6-12)13-3-1-2-4-14(13)16(21)19-8-7-17(11-19)22-9-10-23-17/h1-2,12-14H,3-11H2,(H,18,20)/t13-,14+/m0/s1. The fraction of sp³-hybridized carbons (Fsp3) is 0.765. The molecule has 4 rings (SSSR count). The van der Waals surface area contributed by atoms with E-state index in [4.69, 9.17) is 9.47 Å². The predicted molar refractivity (Wildman–Crippen MR) is 82.4 cm³/mol. The maximum Gasteiger partial charge on any atom is 0.227 e. The molecule has 1 spiro atoms. The van der Waals surface area contributed by atoms with E-state index < -0.39 is 5.79 Å². The van der Waals surface area contributed by atoms with Crippen molar-refractivity contribution in [2.75, 3.05) is 26.3 Å². The summed E-state index contributed by atoms with van der Waals surface area (Å²) in [5.74, 6) is -0.976. The van der Waals surface area contributed by atoms with Crippen LogP contribution in [0.1, 0.15) is 32.1 Å². The molecule has 0 bridgehead atoms. The number of carbonyl (C=O) groups excluding carboxylic acids is 2. The number of amides is 2. The summed E-state index contributed by atoms with van der Waals surface area (Å²) >= 11 is 0. The van der Waals surface area contributed by atoms with Crippen LogP contribution in [-0.2, 0) is 19.1 Å². The highest BCUT2D eigenvalue weighted by Crippen LogP contribution is 2.34. The Balaban J connectivity index is 1.43. The first kappa shape index (κ1) is 15.1. The van der Waals surface area contributed by atoms with E-state index in [0.717, 1.165) is 19.3 Å². The van der Waals surface area contributed by atoms with Crippen LogP contribution in [0.2, 0.25) is 0 Å². The highest BCUT2D eigenvalue weighted by atomic mass is 16.7. The first-order valence-electron chi connectivity index (χ1n) is 8.69. The van der Waals surface area contributed by atoms with Gasteiger partial charge in [-0.25, -0.2) is 0 Å². The van der Waals surface area contributed by atoms with E-state index >= 15 is 0 Å². The van der Waals surface area contributed by atoms with Crippen LogP contribution in [0.25, 0.3) is 0 Å². The molecule has 6 heteroatoms. The summed E-state index contributed by atoms with van der Waals surface area (Å²) in [6.45, 7) is 2.33. The van der Waals surface area contributed by atoms with Crippen molar-refractivity contribution in [2.45, 2.75) is 43.9 Å². The molecule has 0 unspecified atom stereocenters. The minimum absolute atomic E-state index is 0.0393. The van der Waals surface area contributed by atoms with E-state index in [1.54, 1.807) is 0 Å². The normalized spacial score (nSPS) is 32.4. The average molecular weight is 320 g/mol. The van der Waals surface area contributed by atoms with Gasteiger partial charge in [-0.05, 0) is 25.7 Å². The van der Waals surface area contributed by atoms with Gasteiger partial charge in [-0.3, -0.25) is 9.59 Å². The van der Waals surface area contributed by atoms with E-state index in [-0.39, 0.29) is 23.7 Å². The van der Waals surface area contributed by atoms with Crippen molar-refractivity contribution in [1.29, 1.82) is 0 Å². The minimum Gasteiger partial charge on any atom is -0.353 e. The van der Waals surface area contributed by atoms with Crippen LogP contribution in [0.15, 0.2) is 12.2 Å². The summed E-state index contributed by atoms with van der Waals surface area (Å²) in [7, 11) is 0. The molecule has 2 atom stereocenters. The molecule has 0 aromatic rings. The Labute approximate surface area is 136 Å². The summed E-state index contributed by atoms with van der Waals surface area (Å²) in [6, 6.07) is 0.333. The van der Waals surface area contributed by atoms with Gasteiger partial charge in [-0.1, -0.05) is 12.2 Å². The van der Waals surface area contributed by atoms with Crippen LogP contribution in [0, 0.1) is 11.8 Å². The molecule has 1 saturated carbocycles. The molecule has 126 valence electrons. The molecular weight excluding hydrogens is 296 g/mol. The van der Waals surface area contributed by atoms with E-state index in [1.165, 1.54) is 0 Å². The Morgan fingerprint density at radius 3 is 2.48 bits per heavy atom. The Hall–Kier alpha value is -1.40. The fourth-order valence-electron chi connectivity index (χ4n) is 3.82. The van der Waals surface area contributed by atoms with Crippen LogP contribution in [0.3, 0.4) is 0 Å². The van der Waals surface area contributed by atoms with Crippen molar-refractivity contribution in [3.05, 3.63) is 12.2 Å². The molecular formula is C17H24N2O4. The van der Waals surface area contributed by atoms with Crippen molar-refractivity contribution in [1.82, 2.24) is 10.2 Å². The quantitative estimate of drug-likeness (QED) is 0.782. The van der Waals surface area contributed by atoms with Crippen molar-refractivity contribution < 1.29 is 19.1 Å². The zero-order valence-corrected chi connectivity index (χ0v) is 13.3. The van der Waals surface area contributed by atoms with Gasteiger partial charge >= 0.3 is 0 Å². The number of rotatable bonds is 3. The lowest BCUT2D eigenvalue weighted by atomic mass is 9.81. The minimum atomic E-state index is -0.591. The summed E-state index contributed by atoms with van der Waals surface area (Å²) in [4.78, 5) is 27.2. The zero-order chi connectivity index (χ0) is 15.9. The van der Waals surface area contributed by atoms with Gasteiger partial charge in [-0.2, -0.15) is 0 Å². The number of nitrogens with zero attached hydrogens (tertiary/aromatic N) is 1. The third kappa shape index (κ3) is 3.02. The molecule has 2 heterocycles. The van der Waals surface area contributed by atoms with E-state index in [2.05, 4.69) is 5.32 Å². The van der Waals surface area contributed by atoms with Crippen LogP contribution in [-0.4, -0.2) is 54.8 Å². The molecule has 6 nitrogen and oxygen atoms in total. The van der Waals surface area contributed by atoms with Gasteiger partial charge in [0.05, 0.1) is 31.6 Å². The molecule has 0 radical (unpaired) electrons. The van der Waals surface area contributed by atoms with Crippen molar-refractivity contribution in [3.8, 4) is 0 Å². The number of hydrogen-bond donors (Lipinski definition) is 1. The predicted octanol–water partition coefficient (Wildman–Crippen LogP) is 0.823. The largest absolute Gasteiger partial charge is 0.353 e. The summed E-state index contributed by atoms with van der Waals surface area (Å²) in [5.41, 5.74) is 0. The third-order valence-electron chi connectivity index (χ3n) is 5.33. The molecule has 2 aliphatic heterocycles. The smallest absolute Gasteiger partial charge is 0.227 e. The molecule has 2 aliphatic carbocycles. The molecule has 0 aromatic heterocycles. The number of allylic oxidation sites excluding steroid dienone is 2. The van der Waals surface area contributed by atoms with E-state index in [1.807, 2.05) is 17.1 Å². The van der Waals surface area contributed by atoms with E-state index in [0.29, 0.717) is 45.2 Å². The van der Waals surface area contributed by atoms with Crippen LogP contribution < -0.4 is 5.32 Å². The van der Waals surface area contributed by atoms with Gasteiger partial charge in [0.15, 0.2) is 5.79 Å². The molecule has 2 amide bonds. The van der Waals surface area contributed by atoms with Crippen LogP contribution >= 0.6 is 0 Å². The lowest BCUT2D eigenvalue weighted by Gasteiger charge is -2.31. The van der Waals surface area contributed by atoms with Gasteiger partial charge in [0, 0.05) is 19.0 Å². The second kappa shape index (κ2) is 5.91. The van der Waals surface area contributed by atoms with Crippen LogP contribution in [0.5, 0.6) is 0 Å². The van der Waals surface area contributed by atoms with Crippen molar-refractivity contribution >= 4 is 11.8 Å². The molecule has 3 fully saturated rings. The highest BCUT2D eigenvalue weighted by Gasteiger charge is 2.47. The lowest BCUT2D eigenvalue weighted by molar-refractivity contribution is -0.155. The molecule has 23 heavy (non-hydrogen) atoms. The number of likely N-dealkylation sites (tertiary alicyclic amines) is 1. The molecule has 2 saturated heterocycles. The fourth-order valence-corrected chi connectivity index (χ4v) is 3.82. The molecule has 1 N–H and O–H groups in total. The van der Waals surface area contributed by atoms with Gasteiger partial charge in [-0.15, -0.1) is 0 Å². The Morgan fingerprint density at radius 2 is 1.78 bits per heavy atom. The third-order valence-corrected chi connectivity index (χ3v) is 5.33. The summed E-state index contributed by atoms with van der Waals surface area (Å²) < 4.78 is 11.4. The summed E-state index contributed by atoms with van der Waals surface area (Å²) in [6.07, 6.45) is 8.20. The number of ether oxygens (including phenoxy) is 2. The van der Waals surface area contributed by atoms with Crippen molar-refractivity contribution in [3.63, 3.8) is 0 Å². The number of nitrogens with one attached hydrogen (secondary N) is 1. The summed E-state index contributed by atoms with van der Waals surface area (Å²) in [5, 5.41) is 3.05. The topological polar surface area (TPSA) is 67.9 Å². The lowest BCUT2D eigenvalue weighted by Crippen LogP contribution is -2.45. The zero-order valence-electron chi connectivity index (χ0n) is 13.3. The van der Waals surface area contributed by atoms with Gasteiger partial charge in [0.25, 0.3) is 0 Å². The van der Waals surface area contributed by atoms with Gasteiger partial charge in [0.2, 0.25) is 11.8 Å². The SMILES string of the molecule is O=C(NC1CC1)[C@H]1CC=CC[C@H]1C(=O)N1CCC2(C1)OCCO2. The van der Waals surface area contributed by atoms with E-state index in [9.17, 15) is 9.59 Å². The van der Waals surface area contributed by atoms with Crippen molar-refractivity contribution in [2.24, 2.45) is 11.8 Å². The number of hydrogen-bond acceptors (Lipinski definition) is 4. The average Bonchev–Trinajstić information content (AvgIpc) is 3.11. The maximum absolute atomic E-state index is 13.0. The first-order chi connectivity index (χ1) is 11.2. The second-order valence-corrected chi connectivity index (χ2v) is 7.06. The monoisotopic (exact) mass is 320 g/mol. The Morgan fingerprint density at radius 1 is 1.09 bits per heavy atom. The highest BCUT2D eigenvalue weighted by molar-refractivity contribution is 5.88. The van der Waals surface area contributed by atoms with Gasteiger partial charge in [0.1, 0.15) is 0 Å². The Kier molecular flexibility index (Phi) is 3.89. The first-order valence-corrected chi connectivity index (χ1v) is 8.69. The van der Waals surface area contributed by atoms with Crippen LogP contribution in [0.4, 0.5) is 0 Å². The molecule has 4 aliphatic rings. The molecule has 0 aromatic carbocycles. The second-order valence-electron chi connectivity index (χ2n) is 7.06. The maximum atomic E-state index is 13.0. The Bertz CT molecular complexity index is 523. The number of carbonyl (C=O) groups is 2. The van der Waals surface area contributed by atoms with Gasteiger partial charge < -0.3 is 19.7 Å².